The van der Waals surface area contributed by atoms with Gasteiger partial charge in [0.25, 0.3) is 0 Å². The Bertz CT molecular complexity index is 631. The number of hydrogen-bond donors (Lipinski definition) is 0. The van der Waals surface area contributed by atoms with Gasteiger partial charge in [-0.25, -0.2) is 4.98 Å². The Kier molecular flexibility index (Phi) is 2.04. The van der Waals surface area contributed by atoms with Gasteiger partial charge in [-0.15, -0.1) is 0 Å². The van der Waals surface area contributed by atoms with Gasteiger partial charge in [-0.05, 0) is 29.8 Å². The summed E-state index contributed by atoms with van der Waals surface area (Å²) in [6, 6.07) is 7.66. The van der Waals surface area contributed by atoms with Crippen molar-refractivity contribution in [3.63, 3.8) is 0 Å². The van der Waals surface area contributed by atoms with Crippen LogP contribution in [-0.2, 0) is 11.2 Å². The Hall–Kier alpha value is -1.67. The van der Waals surface area contributed by atoms with Crippen LogP contribution >= 0.6 is 11.6 Å². The first-order valence-electron chi connectivity index (χ1n) is 5.03. The molecule has 0 unspecified atom stereocenters. The third kappa shape index (κ3) is 1.42. The Morgan fingerprint density at radius 2 is 2.12 bits per heavy atom. The molecule has 0 aliphatic heterocycles. The summed E-state index contributed by atoms with van der Waals surface area (Å²) in [5.74, 6) is 0.121. The van der Waals surface area contributed by atoms with Gasteiger partial charge in [0.2, 0.25) is 0 Å². The Morgan fingerprint density at radius 3 is 3.00 bits per heavy atom. The van der Waals surface area contributed by atoms with Crippen LogP contribution in [0.25, 0.3) is 17.0 Å². The minimum atomic E-state index is 0.121. The number of pyridine rings is 1. The van der Waals surface area contributed by atoms with Crippen LogP contribution in [0.5, 0.6) is 0 Å². The van der Waals surface area contributed by atoms with Crippen LogP contribution < -0.4 is 0 Å². The lowest BCUT2D eigenvalue weighted by Crippen LogP contribution is -2.06. The van der Waals surface area contributed by atoms with Gasteiger partial charge in [-0.2, -0.15) is 0 Å². The third-order valence-corrected chi connectivity index (χ3v) is 3.01. The fourth-order valence-electron chi connectivity index (χ4n) is 1.92. The predicted molar refractivity (Wildman–Crippen MR) is 64.5 cm³/mol. The van der Waals surface area contributed by atoms with Crippen molar-refractivity contribution in [2.24, 2.45) is 0 Å². The normalized spacial score (nSPS) is 14.2. The highest BCUT2D eigenvalue weighted by molar-refractivity contribution is 6.35. The fourth-order valence-corrected chi connectivity index (χ4v) is 2.15. The van der Waals surface area contributed by atoms with Crippen LogP contribution in [-0.4, -0.2) is 10.8 Å². The zero-order valence-corrected chi connectivity index (χ0v) is 9.16. The molecular formula is C13H8ClNO. The van der Waals surface area contributed by atoms with Gasteiger partial charge in [0.05, 0.1) is 16.2 Å². The second kappa shape index (κ2) is 3.42. The average Bonchev–Trinajstić information content (AvgIpc) is 2.27. The lowest BCUT2D eigenvalue weighted by Gasteiger charge is -2.10. The van der Waals surface area contributed by atoms with E-state index in [0.717, 1.165) is 22.2 Å². The third-order valence-electron chi connectivity index (χ3n) is 2.70. The molecule has 16 heavy (non-hydrogen) atoms. The highest BCUT2D eigenvalue weighted by Gasteiger charge is 2.13. The molecule has 0 bridgehead atoms. The molecule has 1 aromatic heterocycles. The van der Waals surface area contributed by atoms with Crippen LogP contribution in [0.4, 0.5) is 0 Å². The monoisotopic (exact) mass is 229 g/mol. The van der Waals surface area contributed by atoms with E-state index in [1.54, 1.807) is 12.2 Å². The van der Waals surface area contributed by atoms with Crippen LogP contribution in [0.3, 0.4) is 0 Å². The lowest BCUT2D eigenvalue weighted by molar-refractivity contribution is -0.114. The molecule has 3 heteroatoms. The molecule has 2 aromatic rings. The second-order valence-electron chi connectivity index (χ2n) is 3.82. The predicted octanol–water partition coefficient (Wildman–Crippen LogP) is 3.03. The summed E-state index contributed by atoms with van der Waals surface area (Å²) in [4.78, 5) is 15.8. The largest absolute Gasteiger partial charge is 0.294 e. The number of hydrogen-bond acceptors (Lipinski definition) is 2. The molecule has 1 heterocycles. The van der Waals surface area contributed by atoms with Gasteiger partial charge < -0.3 is 0 Å². The molecule has 0 saturated carbocycles. The molecule has 1 aromatic carbocycles. The van der Waals surface area contributed by atoms with E-state index in [9.17, 15) is 4.79 Å². The van der Waals surface area contributed by atoms with Gasteiger partial charge >= 0.3 is 0 Å². The summed E-state index contributed by atoms with van der Waals surface area (Å²) in [6.07, 6.45) is 3.75. The number of para-hydroxylation sites is 1. The molecule has 1 aliphatic rings. The second-order valence-corrected chi connectivity index (χ2v) is 4.23. The molecule has 2 nitrogen and oxygen atoms in total. The van der Waals surface area contributed by atoms with Gasteiger partial charge in [-0.3, -0.25) is 4.79 Å². The van der Waals surface area contributed by atoms with Gasteiger partial charge in [0.15, 0.2) is 5.78 Å². The number of halogens is 1. The van der Waals surface area contributed by atoms with Crippen LogP contribution in [0.2, 0.25) is 5.02 Å². The Morgan fingerprint density at radius 1 is 1.25 bits per heavy atom. The minimum Gasteiger partial charge on any atom is -0.294 e. The molecule has 3 rings (SSSR count). The van der Waals surface area contributed by atoms with E-state index in [4.69, 9.17) is 11.6 Å². The van der Waals surface area contributed by atoms with Crippen molar-refractivity contribution in [3.05, 3.63) is 46.6 Å². The van der Waals surface area contributed by atoms with Crippen LogP contribution in [0.1, 0.15) is 11.3 Å². The number of allylic oxidation sites excluding steroid dienone is 1. The highest BCUT2D eigenvalue weighted by Crippen LogP contribution is 2.26. The molecule has 78 valence electrons. The lowest BCUT2D eigenvalue weighted by atomic mass is 9.99. The van der Waals surface area contributed by atoms with Crippen molar-refractivity contribution in [1.29, 1.82) is 0 Å². The maximum Gasteiger partial charge on any atom is 0.160 e. The van der Waals surface area contributed by atoms with Crippen molar-refractivity contribution in [3.8, 4) is 0 Å². The Balaban J connectivity index is 2.34. The number of ketones is 1. The molecular weight excluding hydrogens is 222 g/mol. The fraction of sp³-hybridized carbons (Fsp3) is 0.0769. The molecule has 0 N–H and O–H groups in total. The standard InChI is InChI=1S/C13H8ClNO/c14-11-3-1-2-8-6-9-7-10(16)4-5-12(9)15-13(8)11/h1-6H,7H2. The van der Waals surface area contributed by atoms with E-state index in [1.807, 2.05) is 24.3 Å². The van der Waals surface area contributed by atoms with Crippen molar-refractivity contribution in [1.82, 2.24) is 4.98 Å². The van der Waals surface area contributed by atoms with Gasteiger partial charge in [-0.1, -0.05) is 23.7 Å². The summed E-state index contributed by atoms with van der Waals surface area (Å²) >= 11 is 6.07. The van der Waals surface area contributed by atoms with E-state index in [1.165, 1.54) is 0 Å². The van der Waals surface area contributed by atoms with E-state index >= 15 is 0 Å². The maximum atomic E-state index is 11.3. The molecule has 1 aliphatic carbocycles. The topological polar surface area (TPSA) is 30.0 Å². The van der Waals surface area contributed by atoms with E-state index in [0.29, 0.717) is 11.4 Å². The van der Waals surface area contributed by atoms with Crippen molar-refractivity contribution < 1.29 is 4.79 Å². The maximum absolute atomic E-state index is 11.3. The zero-order chi connectivity index (χ0) is 11.1. The number of aromatic nitrogens is 1. The SMILES string of the molecule is O=C1C=Cc2nc3c(Cl)cccc3cc2C1. The smallest absolute Gasteiger partial charge is 0.160 e. The quantitative estimate of drug-likeness (QED) is 0.695. The summed E-state index contributed by atoms with van der Waals surface area (Å²) in [7, 11) is 0. The highest BCUT2D eigenvalue weighted by atomic mass is 35.5. The summed E-state index contributed by atoms with van der Waals surface area (Å²) in [5, 5.41) is 1.62. The number of carbonyl (C=O) groups is 1. The molecule has 0 amide bonds. The van der Waals surface area contributed by atoms with Crippen molar-refractivity contribution >= 4 is 34.4 Å². The first-order valence-corrected chi connectivity index (χ1v) is 5.41. The average molecular weight is 230 g/mol. The molecule has 0 atom stereocenters. The molecule has 0 fully saturated rings. The van der Waals surface area contributed by atoms with Crippen molar-refractivity contribution in [2.75, 3.05) is 0 Å². The molecule has 0 spiro atoms. The number of nitrogens with zero attached hydrogens (tertiary/aromatic N) is 1. The number of benzene rings is 1. The van der Waals surface area contributed by atoms with Gasteiger partial charge in [0, 0.05) is 11.8 Å². The number of carbonyl (C=O) groups excluding carboxylic acids is 1. The first kappa shape index (κ1) is 9.55. The summed E-state index contributed by atoms with van der Waals surface area (Å²) in [6.45, 7) is 0. The summed E-state index contributed by atoms with van der Waals surface area (Å²) in [5.41, 5.74) is 2.62. The van der Waals surface area contributed by atoms with Crippen LogP contribution in [0.15, 0.2) is 30.3 Å². The van der Waals surface area contributed by atoms with E-state index in [-0.39, 0.29) is 5.78 Å². The Labute approximate surface area is 97.6 Å². The minimum absolute atomic E-state index is 0.121. The number of rotatable bonds is 0. The van der Waals surface area contributed by atoms with Crippen LogP contribution in [0, 0.1) is 0 Å². The summed E-state index contributed by atoms with van der Waals surface area (Å²) < 4.78 is 0. The van der Waals surface area contributed by atoms with Crippen molar-refractivity contribution in [2.45, 2.75) is 6.42 Å². The molecule has 0 saturated heterocycles. The van der Waals surface area contributed by atoms with Gasteiger partial charge in [0.1, 0.15) is 0 Å². The zero-order valence-electron chi connectivity index (χ0n) is 8.40. The van der Waals surface area contributed by atoms with E-state index in [2.05, 4.69) is 4.98 Å². The van der Waals surface area contributed by atoms with E-state index < -0.39 is 0 Å². The first-order chi connectivity index (χ1) is 7.74. The molecule has 0 radical (unpaired) electrons. The number of fused-ring (bicyclic) bond motifs is 2.